The summed E-state index contributed by atoms with van der Waals surface area (Å²) in [6, 6.07) is 0.212. The Morgan fingerprint density at radius 2 is 2.15 bits per heavy atom. The first-order chi connectivity index (χ1) is 9.58. The van der Waals surface area contributed by atoms with Gasteiger partial charge < -0.3 is 10.5 Å². The van der Waals surface area contributed by atoms with Crippen LogP contribution >= 0.6 is 0 Å². The van der Waals surface area contributed by atoms with Crippen LogP contribution in [-0.2, 0) is 7.05 Å². The Morgan fingerprint density at radius 3 is 2.80 bits per heavy atom. The van der Waals surface area contributed by atoms with Crippen molar-refractivity contribution >= 4 is 0 Å². The van der Waals surface area contributed by atoms with Gasteiger partial charge in [0, 0.05) is 13.6 Å². The number of likely N-dealkylation sites (tertiary alicyclic amines) is 1. The van der Waals surface area contributed by atoms with Gasteiger partial charge in [-0.05, 0) is 45.2 Å². The molecular formula is C15H28N4O. The maximum atomic E-state index is 6.09. The van der Waals surface area contributed by atoms with Crippen LogP contribution in [0.1, 0.15) is 43.5 Å². The Hall–Kier alpha value is -1.07. The monoisotopic (exact) mass is 280 g/mol. The number of rotatable bonds is 4. The molecule has 1 aliphatic heterocycles. The van der Waals surface area contributed by atoms with E-state index < -0.39 is 0 Å². The Labute approximate surface area is 122 Å². The molecule has 1 aromatic heterocycles. The third-order valence-electron chi connectivity index (χ3n) is 4.46. The molecule has 2 rings (SSSR count). The van der Waals surface area contributed by atoms with Gasteiger partial charge in [-0.15, -0.1) is 0 Å². The van der Waals surface area contributed by atoms with Gasteiger partial charge in [-0.2, -0.15) is 5.10 Å². The third kappa shape index (κ3) is 2.99. The van der Waals surface area contributed by atoms with E-state index in [4.69, 9.17) is 10.5 Å². The van der Waals surface area contributed by atoms with Crippen molar-refractivity contribution in [2.24, 2.45) is 18.7 Å². The van der Waals surface area contributed by atoms with E-state index in [1.54, 1.807) is 7.11 Å². The number of aryl methyl sites for hydroxylation is 2. The molecule has 1 aromatic rings. The second kappa shape index (κ2) is 6.59. The zero-order chi connectivity index (χ0) is 14.7. The van der Waals surface area contributed by atoms with Gasteiger partial charge in [0.25, 0.3) is 0 Å². The number of ether oxygens (including phenoxy) is 1. The molecule has 2 N–H and O–H groups in total. The summed E-state index contributed by atoms with van der Waals surface area (Å²) >= 11 is 0. The molecule has 5 nitrogen and oxygen atoms in total. The molecular weight excluding hydrogens is 252 g/mol. The van der Waals surface area contributed by atoms with Crippen LogP contribution in [-0.4, -0.2) is 41.4 Å². The maximum absolute atomic E-state index is 6.09. The molecule has 114 valence electrons. The number of aromatic nitrogens is 2. The molecule has 2 unspecified atom stereocenters. The van der Waals surface area contributed by atoms with Crippen molar-refractivity contribution in [3.63, 3.8) is 0 Å². The Bertz CT molecular complexity index is 443. The highest BCUT2D eigenvalue weighted by Gasteiger charge is 2.28. The van der Waals surface area contributed by atoms with Crippen LogP contribution in [0, 0.1) is 12.8 Å². The van der Waals surface area contributed by atoms with Crippen molar-refractivity contribution in [1.29, 1.82) is 0 Å². The van der Waals surface area contributed by atoms with Crippen LogP contribution in [0.15, 0.2) is 0 Å². The quantitative estimate of drug-likeness (QED) is 0.914. The lowest BCUT2D eigenvalue weighted by Gasteiger charge is -2.30. The smallest absolute Gasteiger partial charge is 0.216 e. The third-order valence-corrected chi connectivity index (χ3v) is 4.46. The van der Waals surface area contributed by atoms with Crippen molar-refractivity contribution in [3.05, 3.63) is 11.3 Å². The molecule has 2 heterocycles. The lowest BCUT2D eigenvalue weighted by atomic mass is 10.0. The van der Waals surface area contributed by atoms with Crippen LogP contribution in [0.4, 0.5) is 0 Å². The Balaban J connectivity index is 2.27. The van der Waals surface area contributed by atoms with Crippen LogP contribution in [0.5, 0.6) is 5.88 Å². The minimum atomic E-state index is 0.212. The predicted octanol–water partition coefficient (Wildman–Crippen LogP) is 1.86. The number of nitrogens with zero attached hydrogens (tertiary/aromatic N) is 3. The topological polar surface area (TPSA) is 56.3 Å². The Kier molecular flexibility index (Phi) is 5.05. The van der Waals surface area contributed by atoms with E-state index in [9.17, 15) is 0 Å². The fourth-order valence-corrected chi connectivity index (χ4v) is 3.33. The predicted molar refractivity (Wildman–Crippen MR) is 80.9 cm³/mol. The van der Waals surface area contributed by atoms with Gasteiger partial charge in [0.1, 0.15) is 0 Å². The van der Waals surface area contributed by atoms with E-state index in [0.29, 0.717) is 6.54 Å². The molecule has 1 fully saturated rings. The van der Waals surface area contributed by atoms with Gasteiger partial charge in [-0.25, -0.2) is 4.68 Å². The average molecular weight is 280 g/mol. The first-order valence-corrected chi connectivity index (χ1v) is 7.60. The van der Waals surface area contributed by atoms with Crippen molar-refractivity contribution in [2.75, 3.05) is 26.7 Å². The molecule has 0 aromatic carbocycles. The second-order valence-corrected chi connectivity index (χ2v) is 5.96. The molecule has 20 heavy (non-hydrogen) atoms. The highest BCUT2D eigenvalue weighted by Crippen LogP contribution is 2.33. The molecule has 0 amide bonds. The zero-order valence-electron chi connectivity index (χ0n) is 13.2. The fourth-order valence-electron chi connectivity index (χ4n) is 3.33. The number of hydrogen-bond acceptors (Lipinski definition) is 4. The first kappa shape index (κ1) is 15.3. The van der Waals surface area contributed by atoms with Crippen molar-refractivity contribution < 1.29 is 4.74 Å². The van der Waals surface area contributed by atoms with Crippen molar-refractivity contribution in [2.45, 2.75) is 39.2 Å². The summed E-state index contributed by atoms with van der Waals surface area (Å²) in [5.74, 6) is 1.66. The van der Waals surface area contributed by atoms with Gasteiger partial charge in [0.05, 0.1) is 24.4 Å². The van der Waals surface area contributed by atoms with E-state index >= 15 is 0 Å². The van der Waals surface area contributed by atoms with Gasteiger partial charge in [0.2, 0.25) is 5.88 Å². The summed E-state index contributed by atoms with van der Waals surface area (Å²) in [6.45, 7) is 7.22. The molecule has 5 heteroatoms. The SMILES string of the molecule is COc1c(C(CN)N2CCCC(C)CC2)c(C)nn1C. The molecule has 0 bridgehead atoms. The second-order valence-electron chi connectivity index (χ2n) is 5.96. The van der Waals surface area contributed by atoms with Crippen LogP contribution < -0.4 is 10.5 Å². The summed E-state index contributed by atoms with van der Waals surface area (Å²) in [6.07, 6.45) is 3.81. The molecule has 1 saturated heterocycles. The first-order valence-electron chi connectivity index (χ1n) is 7.60. The zero-order valence-corrected chi connectivity index (χ0v) is 13.2. The van der Waals surface area contributed by atoms with Gasteiger partial charge in [-0.1, -0.05) is 6.92 Å². The standard InChI is InChI=1S/C15H28N4O/c1-11-6-5-8-19(9-7-11)13(10-16)14-12(2)17-18(3)15(14)20-4/h11,13H,5-10,16H2,1-4H3. The van der Waals surface area contributed by atoms with Gasteiger partial charge in [-0.3, -0.25) is 4.90 Å². The highest BCUT2D eigenvalue weighted by atomic mass is 16.5. The van der Waals surface area contributed by atoms with Gasteiger partial charge >= 0.3 is 0 Å². The average Bonchev–Trinajstić information content (AvgIpc) is 2.58. The lowest BCUT2D eigenvalue weighted by molar-refractivity contribution is 0.202. The maximum Gasteiger partial charge on any atom is 0.216 e. The van der Waals surface area contributed by atoms with E-state index in [1.807, 2.05) is 18.7 Å². The summed E-state index contributed by atoms with van der Waals surface area (Å²) in [7, 11) is 3.63. The van der Waals surface area contributed by atoms with E-state index in [-0.39, 0.29) is 6.04 Å². The molecule has 0 saturated carbocycles. The minimum Gasteiger partial charge on any atom is -0.481 e. The van der Waals surface area contributed by atoms with Gasteiger partial charge in [0.15, 0.2) is 0 Å². The largest absolute Gasteiger partial charge is 0.481 e. The molecule has 0 spiro atoms. The van der Waals surface area contributed by atoms with Crippen LogP contribution in [0.3, 0.4) is 0 Å². The molecule has 0 radical (unpaired) electrons. The highest BCUT2D eigenvalue weighted by molar-refractivity contribution is 5.34. The summed E-state index contributed by atoms with van der Waals surface area (Å²) in [5.41, 5.74) is 8.27. The fraction of sp³-hybridized carbons (Fsp3) is 0.800. The van der Waals surface area contributed by atoms with Crippen molar-refractivity contribution in [3.8, 4) is 5.88 Å². The number of hydrogen-bond donors (Lipinski definition) is 1. The summed E-state index contributed by atoms with van der Waals surface area (Å²) in [4.78, 5) is 2.51. The summed E-state index contributed by atoms with van der Waals surface area (Å²) < 4.78 is 7.35. The normalized spacial score (nSPS) is 22.6. The summed E-state index contributed by atoms with van der Waals surface area (Å²) in [5, 5.41) is 4.49. The number of methoxy groups -OCH3 is 1. The molecule has 0 aliphatic carbocycles. The number of nitrogens with two attached hydrogens (primary N) is 1. The van der Waals surface area contributed by atoms with E-state index in [0.717, 1.165) is 36.1 Å². The van der Waals surface area contributed by atoms with E-state index in [2.05, 4.69) is 16.9 Å². The minimum absolute atomic E-state index is 0.212. The van der Waals surface area contributed by atoms with Crippen LogP contribution in [0.2, 0.25) is 0 Å². The Morgan fingerprint density at radius 1 is 1.40 bits per heavy atom. The lowest BCUT2D eigenvalue weighted by Crippen LogP contribution is -2.35. The molecule has 2 atom stereocenters. The van der Waals surface area contributed by atoms with E-state index in [1.165, 1.54) is 19.3 Å². The molecule has 1 aliphatic rings. The van der Waals surface area contributed by atoms with Crippen molar-refractivity contribution in [1.82, 2.24) is 14.7 Å². The van der Waals surface area contributed by atoms with Crippen LogP contribution in [0.25, 0.3) is 0 Å².